The van der Waals surface area contributed by atoms with Crippen LogP contribution >= 0.6 is 0 Å². The summed E-state index contributed by atoms with van der Waals surface area (Å²) >= 11 is 0. The molecule has 0 spiro atoms. The van der Waals surface area contributed by atoms with Gasteiger partial charge in [0.25, 0.3) is 0 Å². The number of amides is 1. The maximum Gasteiger partial charge on any atom is 0.246 e. The standard InChI is InChI=1S/C12H16N2O2/c15-8-4-3-7-14-11-6-2-1-5-10(11)13-9-12(14)16/h1-2,5-6,13,15H,3-4,7-9H2. The Hall–Kier alpha value is -1.55. The fourth-order valence-corrected chi connectivity index (χ4v) is 1.89. The van der Waals surface area contributed by atoms with Gasteiger partial charge in [0.1, 0.15) is 0 Å². The van der Waals surface area contributed by atoms with Gasteiger partial charge in [0.2, 0.25) is 5.91 Å². The number of nitrogens with one attached hydrogen (secondary N) is 1. The number of aliphatic hydroxyl groups is 1. The smallest absolute Gasteiger partial charge is 0.246 e. The first-order valence-corrected chi connectivity index (χ1v) is 5.57. The maximum atomic E-state index is 11.8. The average molecular weight is 220 g/mol. The minimum absolute atomic E-state index is 0.0941. The van der Waals surface area contributed by atoms with E-state index in [-0.39, 0.29) is 12.5 Å². The van der Waals surface area contributed by atoms with Gasteiger partial charge in [-0.3, -0.25) is 4.79 Å². The second kappa shape index (κ2) is 4.99. The predicted octanol–water partition coefficient (Wildman–Crippen LogP) is 1.22. The molecular weight excluding hydrogens is 204 g/mol. The molecule has 1 amide bonds. The third-order valence-corrected chi connectivity index (χ3v) is 2.72. The molecule has 1 aliphatic rings. The number of nitrogens with zero attached hydrogens (tertiary/aromatic N) is 1. The van der Waals surface area contributed by atoms with Gasteiger partial charge in [0.05, 0.1) is 17.9 Å². The van der Waals surface area contributed by atoms with Crippen molar-refractivity contribution in [2.24, 2.45) is 0 Å². The number of benzene rings is 1. The highest BCUT2D eigenvalue weighted by atomic mass is 16.3. The zero-order valence-corrected chi connectivity index (χ0v) is 9.15. The van der Waals surface area contributed by atoms with E-state index in [2.05, 4.69) is 5.32 Å². The molecule has 4 heteroatoms. The Balaban J connectivity index is 2.13. The number of hydrogen-bond acceptors (Lipinski definition) is 3. The van der Waals surface area contributed by atoms with Gasteiger partial charge in [-0.2, -0.15) is 0 Å². The first kappa shape index (κ1) is 11.0. The zero-order chi connectivity index (χ0) is 11.4. The highest BCUT2D eigenvalue weighted by Crippen LogP contribution is 2.28. The van der Waals surface area contributed by atoms with Crippen molar-refractivity contribution in [3.63, 3.8) is 0 Å². The van der Waals surface area contributed by atoms with Gasteiger partial charge in [0.15, 0.2) is 0 Å². The number of anilines is 2. The van der Waals surface area contributed by atoms with Crippen molar-refractivity contribution in [3.05, 3.63) is 24.3 Å². The lowest BCUT2D eigenvalue weighted by molar-refractivity contribution is -0.117. The summed E-state index contributed by atoms with van der Waals surface area (Å²) in [4.78, 5) is 13.5. The van der Waals surface area contributed by atoms with Crippen molar-refractivity contribution in [1.29, 1.82) is 0 Å². The van der Waals surface area contributed by atoms with E-state index >= 15 is 0 Å². The van der Waals surface area contributed by atoms with Gasteiger partial charge in [-0.05, 0) is 25.0 Å². The SMILES string of the molecule is O=C1CNc2ccccc2N1CCCCO. The van der Waals surface area contributed by atoms with Gasteiger partial charge < -0.3 is 15.3 Å². The maximum absolute atomic E-state index is 11.8. The van der Waals surface area contributed by atoms with E-state index in [1.165, 1.54) is 0 Å². The van der Waals surface area contributed by atoms with Crippen LogP contribution in [0.3, 0.4) is 0 Å². The summed E-state index contributed by atoms with van der Waals surface area (Å²) in [6, 6.07) is 7.80. The molecule has 0 unspecified atom stereocenters. The molecule has 0 atom stereocenters. The normalized spacial score (nSPS) is 14.6. The molecule has 86 valence electrons. The Bertz CT molecular complexity index is 379. The zero-order valence-electron chi connectivity index (χ0n) is 9.15. The van der Waals surface area contributed by atoms with Crippen molar-refractivity contribution in [2.45, 2.75) is 12.8 Å². The van der Waals surface area contributed by atoms with Gasteiger partial charge >= 0.3 is 0 Å². The van der Waals surface area contributed by atoms with Crippen LogP contribution in [0.1, 0.15) is 12.8 Å². The van der Waals surface area contributed by atoms with Crippen LogP contribution in [0.4, 0.5) is 11.4 Å². The van der Waals surface area contributed by atoms with Crippen LogP contribution in [0.2, 0.25) is 0 Å². The molecule has 0 aromatic heterocycles. The number of hydrogen-bond donors (Lipinski definition) is 2. The number of rotatable bonds is 4. The molecule has 2 rings (SSSR count). The van der Waals surface area contributed by atoms with Gasteiger partial charge in [-0.1, -0.05) is 12.1 Å². The van der Waals surface area contributed by atoms with Crippen LogP contribution in [0.5, 0.6) is 0 Å². The third-order valence-electron chi connectivity index (χ3n) is 2.72. The van der Waals surface area contributed by atoms with E-state index in [0.29, 0.717) is 13.1 Å². The fraction of sp³-hybridized carbons (Fsp3) is 0.417. The van der Waals surface area contributed by atoms with Crippen LogP contribution in [-0.2, 0) is 4.79 Å². The molecular formula is C12H16N2O2. The number of para-hydroxylation sites is 2. The highest BCUT2D eigenvalue weighted by molar-refractivity contribution is 6.02. The van der Waals surface area contributed by atoms with Crippen LogP contribution in [-0.4, -0.2) is 30.7 Å². The highest BCUT2D eigenvalue weighted by Gasteiger charge is 2.22. The molecule has 1 aliphatic heterocycles. The van der Waals surface area contributed by atoms with Crippen molar-refractivity contribution in [3.8, 4) is 0 Å². The van der Waals surface area contributed by atoms with E-state index in [4.69, 9.17) is 5.11 Å². The summed E-state index contributed by atoms with van der Waals surface area (Å²) in [6.45, 7) is 1.22. The summed E-state index contributed by atoms with van der Waals surface area (Å²) in [5.41, 5.74) is 1.95. The number of unbranched alkanes of at least 4 members (excludes halogenated alkanes) is 1. The molecule has 0 saturated carbocycles. The number of carbonyl (C=O) groups is 1. The predicted molar refractivity (Wildman–Crippen MR) is 63.6 cm³/mol. The first-order chi connectivity index (χ1) is 7.83. The van der Waals surface area contributed by atoms with Crippen molar-refractivity contribution < 1.29 is 9.90 Å². The summed E-state index contributed by atoms with van der Waals surface area (Å²) in [6.07, 6.45) is 1.57. The molecule has 1 aromatic rings. The fourth-order valence-electron chi connectivity index (χ4n) is 1.89. The van der Waals surface area contributed by atoms with Crippen molar-refractivity contribution in [2.75, 3.05) is 29.9 Å². The minimum atomic E-state index is 0.0941. The summed E-state index contributed by atoms with van der Waals surface area (Å²) in [5.74, 6) is 0.0941. The molecule has 4 nitrogen and oxygen atoms in total. The number of aliphatic hydroxyl groups excluding tert-OH is 1. The van der Waals surface area contributed by atoms with Crippen molar-refractivity contribution >= 4 is 17.3 Å². The molecule has 0 saturated heterocycles. The molecule has 0 aliphatic carbocycles. The summed E-state index contributed by atoms with van der Waals surface area (Å²) in [5, 5.41) is 11.8. The Morgan fingerprint density at radius 2 is 2.12 bits per heavy atom. The topological polar surface area (TPSA) is 52.6 Å². The second-order valence-corrected chi connectivity index (χ2v) is 3.85. The minimum Gasteiger partial charge on any atom is -0.396 e. The van der Waals surface area contributed by atoms with E-state index < -0.39 is 0 Å². The molecule has 16 heavy (non-hydrogen) atoms. The third kappa shape index (κ3) is 2.17. The first-order valence-electron chi connectivity index (χ1n) is 5.57. The second-order valence-electron chi connectivity index (χ2n) is 3.85. The average Bonchev–Trinajstić information content (AvgIpc) is 2.32. The summed E-state index contributed by atoms with van der Waals surface area (Å²) in [7, 11) is 0. The van der Waals surface area contributed by atoms with Crippen LogP contribution in [0, 0.1) is 0 Å². The number of carbonyl (C=O) groups excluding carboxylic acids is 1. The lowest BCUT2D eigenvalue weighted by atomic mass is 10.1. The molecule has 0 radical (unpaired) electrons. The van der Waals surface area contributed by atoms with Crippen LogP contribution in [0.15, 0.2) is 24.3 Å². The van der Waals surface area contributed by atoms with E-state index in [1.807, 2.05) is 24.3 Å². The monoisotopic (exact) mass is 220 g/mol. The Morgan fingerprint density at radius 3 is 2.94 bits per heavy atom. The summed E-state index contributed by atoms with van der Waals surface area (Å²) < 4.78 is 0. The van der Waals surface area contributed by atoms with Crippen LogP contribution < -0.4 is 10.2 Å². The largest absolute Gasteiger partial charge is 0.396 e. The van der Waals surface area contributed by atoms with Gasteiger partial charge in [-0.15, -0.1) is 0 Å². The molecule has 1 aromatic carbocycles. The van der Waals surface area contributed by atoms with E-state index in [0.717, 1.165) is 24.2 Å². The Labute approximate surface area is 94.9 Å². The number of fused-ring (bicyclic) bond motifs is 1. The van der Waals surface area contributed by atoms with Crippen molar-refractivity contribution in [1.82, 2.24) is 0 Å². The Kier molecular flexibility index (Phi) is 3.41. The molecule has 0 bridgehead atoms. The lowest BCUT2D eigenvalue weighted by Gasteiger charge is -2.30. The molecule has 1 heterocycles. The van der Waals surface area contributed by atoms with Gasteiger partial charge in [-0.25, -0.2) is 0 Å². The Morgan fingerprint density at radius 1 is 1.31 bits per heavy atom. The van der Waals surface area contributed by atoms with Gasteiger partial charge in [0, 0.05) is 13.2 Å². The van der Waals surface area contributed by atoms with E-state index in [9.17, 15) is 4.79 Å². The molecule has 2 N–H and O–H groups in total. The van der Waals surface area contributed by atoms with Crippen LogP contribution in [0.25, 0.3) is 0 Å². The lowest BCUT2D eigenvalue weighted by Crippen LogP contribution is -2.40. The van der Waals surface area contributed by atoms with E-state index in [1.54, 1.807) is 4.90 Å². The molecule has 0 fully saturated rings. The quantitative estimate of drug-likeness (QED) is 0.750.